The zero-order valence-electron chi connectivity index (χ0n) is 7.40. The molecule has 15 heavy (non-hydrogen) atoms. The van der Waals surface area contributed by atoms with Gasteiger partial charge in [0, 0.05) is 0 Å². The standard InChI is InChI=1S/C9H6FNO4/c10-7-4-6(2-1-3-12)9(13)8(5-7)11(14)15/h4-5,12-13H,3H2. The summed E-state index contributed by atoms with van der Waals surface area (Å²) in [6.45, 7) is -0.482. The van der Waals surface area contributed by atoms with Crippen LogP contribution in [0.25, 0.3) is 0 Å². The van der Waals surface area contributed by atoms with Crippen molar-refractivity contribution in [2.75, 3.05) is 6.61 Å². The molecule has 0 atom stereocenters. The first-order valence-corrected chi connectivity index (χ1v) is 3.83. The minimum absolute atomic E-state index is 0.226. The topological polar surface area (TPSA) is 83.6 Å². The second-order valence-electron chi connectivity index (χ2n) is 2.54. The van der Waals surface area contributed by atoms with Gasteiger partial charge in [0.15, 0.2) is 0 Å². The molecule has 0 aliphatic heterocycles. The van der Waals surface area contributed by atoms with Crippen molar-refractivity contribution in [3.8, 4) is 17.6 Å². The second-order valence-corrected chi connectivity index (χ2v) is 2.54. The van der Waals surface area contributed by atoms with Crippen LogP contribution < -0.4 is 0 Å². The van der Waals surface area contributed by atoms with Gasteiger partial charge in [-0.25, -0.2) is 4.39 Å². The Morgan fingerprint density at radius 1 is 1.53 bits per heavy atom. The summed E-state index contributed by atoms with van der Waals surface area (Å²) in [5, 5.41) is 28.1. The van der Waals surface area contributed by atoms with Crippen LogP contribution in [0.2, 0.25) is 0 Å². The third-order valence-corrected chi connectivity index (χ3v) is 1.55. The number of aliphatic hydroxyl groups is 1. The van der Waals surface area contributed by atoms with Crippen molar-refractivity contribution in [1.82, 2.24) is 0 Å². The Balaban J connectivity index is 3.34. The third kappa shape index (κ3) is 2.42. The van der Waals surface area contributed by atoms with Gasteiger partial charge in [-0.15, -0.1) is 0 Å². The Morgan fingerprint density at radius 3 is 2.73 bits per heavy atom. The van der Waals surface area contributed by atoms with E-state index in [1.165, 1.54) is 0 Å². The molecule has 0 fully saturated rings. The average Bonchev–Trinajstić information content (AvgIpc) is 2.18. The second kappa shape index (κ2) is 4.39. The molecule has 1 aromatic rings. The fourth-order valence-corrected chi connectivity index (χ4v) is 0.954. The Bertz CT molecular complexity index is 461. The molecular formula is C9H6FNO4. The number of nitro benzene ring substituents is 1. The molecule has 0 heterocycles. The van der Waals surface area contributed by atoms with Crippen molar-refractivity contribution in [1.29, 1.82) is 0 Å². The number of phenolic OH excluding ortho intramolecular Hbond substituents is 1. The van der Waals surface area contributed by atoms with Crippen LogP contribution in [0.5, 0.6) is 5.75 Å². The Labute approximate surface area is 83.9 Å². The molecule has 0 radical (unpaired) electrons. The molecule has 6 heteroatoms. The fourth-order valence-electron chi connectivity index (χ4n) is 0.954. The van der Waals surface area contributed by atoms with Gasteiger partial charge in [-0.3, -0.25) is 10.1 Å². The van der Waals surface area contributed by atoms with E-state index in [0.29, 0.717) is 6.07 Å². The molecule has 1 aromatic carbocycles. The zero-order chi connectivity index (χ0) is 11.4. The maximum atomic E-state index is 12.8. The van der Waals surface area contributed by atoms with Crippen molar-refractivity contribution in [2.45, 2.75) is 0 Å². The number of nitrogens with zero attached hydrogens (tertiary/aromatic N) is 1. The zero-order valence-corrected chi connectivity index (χ0v) is 7.40. The van der Waals surface area contributed by atoms with Crippen LogP contribution in [0, 0.1) is 27.8 Å². The minimum atomic E-state index is -0.914. The summed E-state index contributed by atoms with van der Waals surface area (Å²) < 4.78 is 12.8. The lowest BCUT2D eigenvalue weighted by Crippen LogP contribution is -1.92. The van der Waals surface area contributed by atoms with E-state index >= 15 is 0 Å². The molecule has 0 aromatic heterocycles. The molecule has 1 rings (SSSR count). The van der Waals surface area contributed by atoms with Crippen LogP contribution >= 0.6 is 0 Å². The summed E-state index contributed by atoms with van der Waals surface area (Å²) in [5.74, 6) is 2.78. The number of rotatable bonds is 1. The highest BCUT2D eigenvalue weighted by atomic mass is 19.1. The predicted octanol–water partition coefficient (Wildman–Crippen LogP) is 0.783. The average molecular weight is 211 g/mol. The van der Waals surface area contributed by atoms with Gasteiger partial charge >= 0.3 is 5.69 Å². The minimum Gasteiger partial charge on any atom is -0.501 e. The van der Waals surface area contributed by atoms with Crippen molar-refractivity contribution in [3.63, 3.8) is 0 Å². The Hall–Kier alpha value is -2.13. The molecule has 0 unspecified atom stereocenters. The molecule has 0 aliphatic carbocycles. The number of hydrogen-bond acceptors (Lipinski definition) is 4. The van der Waals surface area contributed by atoms with Gasteiger partial charge in [0.1, 0.15) is 12.4 Å². The van der Waals surface area contributed by atoms with Crippen molar-refractivity contribution in [3.05, 3.63) is 33.6 Å². The van der Waals surface area contributed by atoms with Gasteiger partial charge in [0.2, 0.25) is 5.75 Å². The third-order valence-electron chi connectivity index (χ3n) is 1.55. The highest BCUT2D eigenvalue weighted by Crippen LogP contribution is 2.30. The Kier molecular flexibility index (Phi) is 3.21. The number of aliphatic hydroxyl groups excluding tert-OH is 1. The molecule has 0 bridgehead atoms. The number of phenols is 1. The van der Waals surface area contributed by atoms with E-state index in [2.05, 4.69) is 11.8 Å². The summed E-state index contributed by atoms with van der Waals surface area (Å²) in [5.41, 5.74) is -0.979. The normalized spacial score (nSPS) is 9.20. The lowest BCUT2D eigenvalue weighted by molar-refractivity contribution is -0.386. The van der Waals surface area contributed by atoms with E-state index in [-0.39, 0.29) is 5.56 Å². The van der Waals surface area contributed by atoms with Crippen molar-refractivity contribution < 1.29 is 19.5 Å². The summed E-state index contributed by atoms with van der Waals surface area (Å²) >= 11 is 0. The van der Waals surface area contributed by atoms with Crippen LogP contribution in [0.4, 0.5) is 10.1 Å². The van der Waals surface area contributed by atoms with E-state index in [9.17, 15) is 19.6 Å². The predicted molar refractivity (Wildman–Crippen MR) is 48.7 cm³/mol. The number of aromatic hydroxyl groups is 1. The van der Waals surface area contributed by atoms with Crippen LogP contribution in [0.1, 0.15) is 5.56 Å². The first-order chi connectivity index (χ1) is 7.06. The molecule has 0 saturated heterocycles. The molecule has 5 nitrogen and oxygen atoms in total. The van der Waals surface area contributed by atoms with Gasteiger partial charge < -0.3 is 10.2 Å². The van der Waals surface area contributed by atoms with E-state index in [1.807, 2.05) is 0 Å². The summed E-state index contributed by atoms with van der Waals surface area (Å²) in [7, 11) is 0. The van der Waals surface area contributed by atoms with Crippen LogP contribution in [0.15, 0.2) is 12.1 Å². The number of benzene rings is 1. The molecule has 2 N–H and O–H groups in total. The van der Waals surface area contributed by atoms with Gasteiger partial charge in [-0.2, -0.15) is 0 Å². The van der Waals surface area contributed by atoms with Crippen molar-refractivity contribution in [2.24, 2.45) is 0 Å². The number of halogens is 1. The van der Waals surface area contributed by atoms with Crippen molar-refractivity contribution >= 4 is 5.69 Å². The first-order valence-electron chi connectivity index (χ1n) is 3.83. The van der Waals surface area contributed by atoms with Crippen LogP contribution in [0.3, 0.4) is 0 Å². The fraction of sp³-hybridized carbons (Fsp3) is 0.111. The van der Waals surface area contributed by atoms with E-state index < -0.39 is 28.8 Å². The van der Waals surface area contributed by atoms with E-state index in [1.54, 1.807) is 0 Å². The number of nitro groups is 1. The lowest BCUT2D eigenvalue weighted by Gasteiger charge is -1.98. The molecule has 0 spiro atoms. The largest absolute Gasteiger partial charge is 0.501 e. The van der Waals surface area contributed by atoms with E-state index in [0.717, 1.165) is 6.07 Å². The maximum Gasteiger partial charge on any atom is 0.314 e. The van der Waals surface area contributed by atoms with Gasteiger partial charge in [-0.1, -0.05) is 11.8 Å². The monoisotopic (exact) mass is 211 g/mol. The molecular weight excluding hydrogens is 205 g/mol. The van der Waals surface area contributed by atoms with Gasteiger partial charge in [0.25, 0.3) is 0 Å². The first kappa shape index (κ1) is 10.9. The maximum absolute atomic E-state index is 12.8. The molecule has 0 aliphatic rings. The van der Waals surface area contributed by atoms with Crippen LogP contribution in [-0.2, 0) is 0 Å². The summed E-state index contributed by atoms with van der Waals surface area (Å²) in [4.78, 5) is 9.47. The Morgan fingerprint density at radius 2 is 2.20 bits per heavy atom. The van der Waals surface area contributed by atoms with Gasteiger partial charge in [-0.05, 0) is 6.07 Å². The summed E-state index contributed by atoms with van der Waals surface area (Å²) in [6.07, 6.45) is 0. The molecule has 78 valence electrons. The quantitative estimate of drug-likeness (QED) is 0.408. The number of hydrogen-bond donors (Lipinski definition) is 2. The highest BCUT2D eigenvalue weighted by molar-refractivity contribution is 5.57. The molecule has 0 amide bonds. The SMILES string of the molecule is O=[N+]([O-])c1cc(F)cc(C#CCO)c1O. The smallest absolute Gasteiger partial charge is 0.314 e. The van der Waals surface area contributed by atoms with Gasteiger partial charge in [0.05, 0.1) is 16.6 Å². The van der Waals surface area contributed by atoms with E-state index in [4.69, 9.17) is 5.11 Å². The highest BCUT2D eigenvalue weighted by Gasteiger charge is 2.18. The summed E-state index contributed by atoms with van der Waals surface area (Å²) in [6, 6.07) is 1.45. The molecule has 0 saturated carbocycles. The van der Waals surface area contributed by atoms with Crippen LogP contribution in [-0.4, -0.2) is 21.7 Å². The lowest BCUT2D eigenvalue weighted by atomic mass is 10.1.